The van der Waals surface area contributed by atoms with Crippen LogP contribution in [-0.4, -0.2) is 19.3 Å². The van der Waals surface area contributed by atoms with E-state index >= 15 is 0 Å². The number of halogens is 1. The van der Waals surface area contributed by atoms with Gasteiger partial charge in [-0.15, -0.1) is 0 Å². The predicted octanol–water partition coefficient (Wildman–Crippen LogP) is 2.96. The first-order valence-electron chi connectivity index (χ1n) is 6.33. The van der Waals surface area contributed by atoms with Gasteiger partial charge in [-0.2, -0.15) is 0 Å². The topological polar surface area (TPSA) is 21.3 Å². The van der Waals surface area contributed by atoms with Crippen LogP contribution in [0.4, 0.5) is 4.39 Å². The fourth-order valence-corrected chi connectivity index (χ4v) is 2.49. The number of aryl methyl sites for hydroxylation is 1. The van der Waals surface area contributed by atoms with Gasteiger partial charge < -0.3 is 10.1 Å². The zero-order valence-electron chi connectivity index (χ0n) is 10.5. The van der Waals surface area contributed by atoms with Gasteiger partial charge in [0.2, 0.25) is 0 Å². The van der Waals surface area contributed by atoms with Crippen LogP contribution in [0.15, 0.2) is 18.2 Å². The third kappa shape index (κ3) is 3.05. The lowest BCUT2D eigenvalue weighted by molar-refractivity contribution is 0.0787. The zero-order valence-corrected chi connectivity index (χ0v) is 10.5. The summed E-state index contributed by atoms with van der Waals surface area (Å²) in [6.07, 6.45) is 2.32. The van der Waals surface area contributed by atoms with Crippen molar-refractivity contribution in [3.8, 4) is 0 Å². The highest BCUT2D eigenvalue weighted by atomic mass is 19.1. The van der Waals surface area contributed by atoms with Crippen molar-refractivity contribution in [2.24, 2.45) is 0 Å². The average molecular weight is 237 g/mol. The van der Waals surface area contributed by atoms with E-state index in [9.17, 15) is 4.39 Å². The van der Waals surface area contributed by atoms with Crippen molar-refractivity contribution >= 4 is 0 Å². The summed E-state index contributed by atoms with van der Waals surface area (Å²) in [6.45, 7) is 5.67. The van der Waals surface area contributed by atoms with Crippen LogP contribution < -0.4 is 5.32 Å². The third-order valence-corrected chi connectivity index (χ3v) is 3.18. The van der Waals surface area contributed by atoms with E-state index in [0.29, 0.717) is 0 Å². The quantitative estimate of drug-likeness (QED) is 0.869. The minimum Gasteiger partial charge on any atom is -0.376 e. The fourth-order valence-electron chi connectivity index (χ4n) is 2.49. The summed E-state index contributed by atoms with van der Waals surface area (Å²) in [5.74, 6) is -0.166. The molecular formula is C14H20FNO. The molecule has 0 amide bonds. The molecule has 1 fully saturated rings. The average Bonchev–Trinajstić information content (AvgIpc) is 2.77. The summed E-state index contributed by atoms with van der Waals surface area (Å²) < 4.78 is 19.2. The molecule has 2 unspecified atom stereocenters. The van der Waals surface area contributed by atoms with E-state index in [0.717, 1.165) is 37.1 Å². The highest BCUT2D eigenvalue weighted by Crippen LogP contribution is 2.27. The standard InChI is InChI=1S/C14H20FNO/c1-3-16-14(13-5-4-6-17-13)11-7-10(2)8-12(15)9-11/h7-9,13-14,16H,3-6H2,1-2H3. The Kier molecular flexibility index (Phi) is 4.13. The molecule has 1 N–H and O–H groups in total. The maximum atomic E-state index is 13.4. The summed E-state index contributed by atoms with van der Waals surface area (Å²) in [4.78, 5) is 0. The second kappa shape index (κ2) is 5.61. The molecule has 0 radical (unpaired) electrons. The monoisotopic (exact) mass is 237 g/mol. The Bertz CT molecular complexity index is 354. The first-order chi connectivity index (χ1) is 8.20. The van der Waals surface area contributed by atoms with Gasteiger partial charge in [-0.3, -0.25) is 0 Å². The molecule has 2 nitrogen and oxygen atoms in total. The van der Waals surface area contributed by atoms with E-state index in [4.69, 9.17) is 4.74 Å². The molecule has 2 rings (SSSR count). The van der Waals surface area contributed by atoms with E-state index in [1.165, 1.54) is 0 Å². The number of nitrogens with one attached hydrogen (secondary N) is 1. The van der Waals surface area contributed by atoms with Crippen molar-refractivity contribution in [1.82, 2.24) is 5.32 Å². The van der Waals surface area contributed by atoms with Gasteiger partial charge in [0.15, 0.2) is 0 Å². The van der Waals surface area contributed by atoms with Crippen LogP contribution in [0.25, 0.3) is 0 Å². The highest BCUT2D eigenvalue weighted by Gasteiger charge is 2.26. The Morgan fingerprint density at radius 1 is 1.47 bits per heavy atom. The Morgan fingerprint density at radius 2 is 2.29 bits per heavy atom. The van der Waals surface area contributed by atoms with Crippen LogP contribution in [0, 0.1) is 12.7 Å². The second-order valence-corrected chi connectivity index (χ2v) is 4.65. The maximum absolute atomic E-state index is 13.4. The molecule has 0 bridgehead atoms. The molecule has 3 heteroatoms. The van der Waals surface area contributed by atoms with E-state index in [2.05, 4.69) is 12.2 Å². The first-order valence-corrected chi connectivity index (χ1v) is 6.33. The maximum Gasteiger partial charge on any atom is 0.123 e. The van der Waals surface area contributed by atoms with E-state index < -0.39 is 0 Å². The normalized spacial score (nSPS) is 21.7. The van der Waals surface area contributed by atoms with Gasteiger partial charge in [0.25, 0.3) is 0 Å². The van der Waals surface area contributed by atoms with Gasteiger partial charge in [0.1, 0.15) is 5.82 Å². The molecule has 2 atom stereocenters. The summed E-state index contributed by atoms with van der Waals surface area (Å²) in [7, 11) is 0. The van der Waals surface area contributed by atoms with Gasteiger partial charge in [-0.05, 0) is 49.6 Å². The molecule has 1 heterocycles. The molecule has 1 saturated heterocycles. The summed E-state index contributed by atoms with van der Waals surface area (Å²) in [5.41, 5.74) is 1.96. The van der Waals surface area contributed by atoms with Gasteiger partial charge in [0.05, 0.1) is 12.1 Å². The third-order valence-electron chi connectivity index (χ3n) is 3.18. The molecule has 1 aliphatic heterocycles. The van der Waals surface area contributed by atoms with E-state index in [1.807, 2.05) is 13.0 Å². The Morgan fingerprint density at radius 3 is 2.88 bits per heavy atom. The first kappa shape index (κ1) is 12.5. The number of ether oxygens (including phenoxy) is 1. The van der Waals surface area contributed by atoms with E-state index in [1.54, 1.807) is 12.1 Å². The van der Waals surface area contributed by atoms with Crippen molar-refractivity contribution in [2.75, 3.05) is 13.2 Å². The van der Waals surface area contributed by atoms with Gasteiger partial charge in [-0.25, -0.2) is 4.39 Å². The van der Waals surface area contributed by atoms with Crippen LogP contribution in [-0.2, 0) is 4.74 Å². The van der Waals surface area contributed by atoms with Crippen LogP contribution in [0.3, 0.4) is 0 Å². The Balaban J connectivity index is 2.24. The summed E-state index contributed by atoms with van der Waals surface area (Å²) >= 11 is 0. The van der Waals surface area contributed by atoms with Gasteiger partial charge in [0, 0.05) is 6.61 Å². The molecule has 1 aliphatic rings. The lowest BCUT2D eigenvalue weighted by atomic mass is 9.97. The van der Waals surface area contributed by atoms with Crippen molar-refractivity contribution in [2.45, 2.75) is 38.8 Å². The largest absolute Gasteiger partial charge is 0.376 e. The van der Waals surface area contributed by atoms with E-state index in [-0.39, 0.29) is 18.0 Å². The number of hydrogen-bond donors (Lipinski definition) is 1. The highest BCUT2D eigenvalue weighted by molar-refractivity contribution is 5.27. The lowest BCUT2D eigenvalue weighted by Crippen LogP contribution is -2.31. The van der Waals surface area contributed by atoms with Crippen LogP contribution in [0.5, 0.6) is 0 Å². The molecule has 94 valence electrons. The minimum absolute atomic E-state index is 0.108. The minimum atomic E-state index is -0.166. The van der Waals surface area contributed by atoms with Crippen molar-refractivity contribution in [1.29, 1.82) is 0 Å². The predicted molar refractivity (Wildman–Crippen MR) is 66.5 cm³/mol. The molecule has 0 aliphatic carbocycles. The Hall–Kier alpha value is -0.930. The SMILES string of the molecule is CCNC(c1cc(C)cc(F)c1)C1CCCO1. The molecule has 0 spiro atoms. The van der Waals surface area contributed by atoms with Gasteiger partial charge in [-0.1, -0.05) is 13.0 Å². The number of likely N-dealkylation sites (N-methyl/N-ethyl adjacent to an activating group) is 1. The number of hydrogen-bond acceptors (Lipinski definition) is 2. The van der Waals surface area contributed by atoms with Crippen molar-refractivity contribution < 1.29 is 9.13 Å². The molecule has 1 aromatic rings. The Labute approximate surface area is 102 Å². The summed E-state index contributed by atoms with van der Waals surface area (Å²) in [5, 5.41) is 3.40. The zero-order chi connectivity index (χ0) is 12.3. The van der Waals surface area contributed by atoms with Crippen molar-refractivity contribution in [3.05, 3.63) is 35.1 Å². The van der Waals surface area contributed by atoms with Crippen LogP contribution in [0.1, 0.15) is 36.9 Å². The van der Waals surface area contributed by atoms with Gasteiger partial charge >= 0.3 is 0 Å². The lowest BCUT2D eigenvalue weighted by Gasteiger charge is -2.24. The molecule has 1 aromatic carbocycles. The molecule has 0 saturated carbocycles. The molecule has 17 heavy (non-hydrogen) atoms. The fraction of sp³-hybridized carbons (Fsp3) is 0.571. The second-order valence-electron chi connectivity index (χ2n) is 4.65. The number of rotatable bonds is 4. The molecule has 0 aromatic heterocycles. The number of benzene rings is 1. The van der Waals surface area contributed by atoms with Crippen molar-refractivity contribution in [3.63, 3.8) is 0 Å². The summed E-state index contributed by atoms with van der Waals surface area (Å²) in [6, 6.07) is 5.32. The molecular weight excluding hydrogens is 217 g/mol. The van der Waals surface area contributed by atoms with Crippen LogP contribution in [0.2, 0.25) is 0 Å². The smallest absolute Gasteiger partial charge is 0.123 e. The van der Waals surface area contributed by atoms with Crippen LogP contribution >= 0.6 is 0 Å².